The molecule has 0 unspecified atom stereocenters. The van der Waals surface area contributed by atoms with Crippen molar-refractivity contribution in [1.29, 1.82) is 0 Å². The first kappa shape index (κ1) is 16.0. The maximum absolute atomic E-state index is 12.4. The van der Waals surface area contributed by atoms with Crippen LogP contribution in [0, 0.1) is 11.8 Å². The van der Waals surface area contributed by atoms with E-state index in [4.69, 9.17) is 4.74 Å². The minimum Gasteiger partial charge on any atom is -0.396 e. The molecule has 2 aliphatic rings. The van der Waals surface area contributed by atoms with Crippen LogP contribution in [0.15, 0.2) is 12.2 Å². The molecule has 6 heteroatoms. The molecule has 1 aliphatic heterocycles. The Bertz CT molecular complexity index is 402. The number of carbonyl (C=O) groups excluding carboxylic acids is 2. The van der Waals surface area contributed by atoms with Gasteiger partial charge in [0.05, 0.1) is 6.04 Å². The van der Waals surface area contributed by atoms with E-state index >= 15 is 0 Å². The molecule has 2 N–H and O–H groups in total. The van der Waals surface area contributed by atoms with Gasteiger partial charge in [-0.3, -0.25) is 9.59 Å². The van der Waals surface area contributed by atoms with E-state index in [2.05, 4.69) is 5.32 Å². The Hall–Kier alpha value is -1.40. The summed E-state index contributed by atoms with van der Waals surface area (Å²) >= 11 is 0. The molecule has 6 nitrogen and oxygen atoms in total. The summed E-state index contributed by atoms with van der Waals surface area (Å²) in [6.07, 6.45) is 6.40. The molecule has 2 rings (SSSR count). The van der Waals surface area contributed by atoms with Gasteiger partial charge in [0.25, 0.3) is 0 Å². The summed E-state index contributed by atoms with van der Waals surface area (Å²) in [6, 6.07) is -0.204. The smallest absolute Gasteiger partial charge is 0.246 e. The van der Waals surface area contributed by atoms with Gasteiger partial charge in [-0.15, -0.1) is 0 Å². The molecule has 2 atom stereocenters. The lowest BCUT2D eigenvalue weighted by atomic mass is 9.91. The average Bonchev–Trinajstić information content (AvgIpc) is 3.01. The van der Waals surface area contributed by atoms with Gasteiger partial charge in [-0.05, 0) is 19.3 Å². The van der Waals surface area contributed by atoms with Gasteiger partial charge in [-0.2, -0.15) is 0 Å². The zero-order valence-corrected chi connectivity index (χ0v) is 12.5. The Morgan fingerprint density at radius 3 is 2.71 bits per heavy atom. The third-order valence-corrected chi connectivity index (χ3v) is 4.28. The predicted octanol–water partition coefficient (Wildman–Crippen LogP) is -0.0754. The third-order valence-electron chi connectivity index (χ3n) is 4.28. The Balaban J connectivity index is 1.93. The number of hydrogen-bond donors (Lipinski definition) is 2. The molecule has 0 spiro atoms. The van der Waals surface area contributed by atoms with E-state index in [1.54, 1.807) is 0 Å². The number of piperidine rings is 1. The van der Waals surface area contributed by atoms with Crippen molar-refractivity contribution in [1.82, 2.24) is 10.2 Å². The fraction of sp³-hybridized carbons (Fsp3) is 0.733. The molecule has 21 heavy (non-hydrogen) atoms. The summed E-state index contributed by atoms with van der Waals surface area (Å²) in [6.45, 7) is 1.13. The maximum atomic E-state index is 12.4. The average molecular weight is 296 g/mol. The number of nitrogens with one attached hydrogen (secondary N) is 1. The highest BCUT2D eigenvalue weighted by molar-refractivity contribution is 5.80. The van der Waals surface area contributed by atoms with Crippen LogP contribution < -0.4 is 5.32 Å². The Morgan fingerprint density at radius 2 is 2.10 bits per heavy atom. The Morgan fingerprint density at radius 1 is 1.38 bits per heavy atom. The topological polar surface area (TPSA) is 78.9 Å². The van der Waals surface area contributed by atoms with Crippen LogP contribution in [0.3, 0.4) is 0 Å². The quantitative estimate of drug-likeness (QED) is 0.696. The molecule has 1 saturated heterocycles. The summed E-state index contributed by atoms with van der Waals surface area (Å²) in [5, 5.41) is 12.3. The Labute approximate surface area is 125 Å². The van der Waals surface area contributed by atoms with Crippen molar-refractivity contribution < 1.29 is 19.4 Å². The largest absolute Gasteiger partial charge is 0.396 e. The lowest BCUT2D eigenvalue weighted by Crippen LogP contribution is -2.56. The molecular formula is C15H24N2O4. The van der Waals surface area contributed by atoms with Crippen LogP contribution in [0.1, 0.15) is 19.3 Å². The molecule has 0 aromatic rings. The summed E-state index contributed by atoms with van der Waals surface area (Å²) in [4.78, 5) is 25.9. The van der Waals surface area contributed by atoms with Crippen LogP contribution >= 0.6 is 0 Å². The van der Waals surface area contributed by atoms with Crippen LogP contribution in [0.25, 0.3) is 0 Å². The monoisotopic (exact) mass is 296 g/mol. The van der Waals surface area contributed by atoms with E-state index in [1.165, 1.54) is 7.11 Å². The first-order valence-electron chi connectivity index (χ1n) is 7.48. The van der Waals surface area contributed by atoms with Gasteiger partial charge in [-0.1, -0.05) is 12.2 Å². The predicted molar refractivity (Wildman–Crippen MR) is 77.4 cm³/mol. The molecule has 0 saturated carbocycles. The zero-order chi connectivity index (χ0) is 15.2. The van der Waals surface area contributed by atoms with Gasteiger partial charge in [0, 0.05) is 38.6 Å². The van der Waals surface area contributed by atoms with Crippen LogP contribution in [0.4, 0.5) is 0 Å². The number of likely N-dealkylation sites (tertiary alicyclic amines) is 1. The fourth-order valence-electron chi connectivity index (χ4n) is 3.04. The van der Waals surface area contributed by atoms with Crippen molar-refractivity contribution in [2.24, 2.45) is 11.8 Å². The van der Waals surface area contributed by atoms with E-state index in [9.17, 15) is 14.7 Å². The zero-order valence-electron chi connectivity index (χ0n) is 12.5. The first-order chi connectivity index (χ1) is 10.2. The number of ether oxygens (including phenoxy) is 1. The van der Waals surface area contributed by atoms with E-state index in [0.717, 1.165) is 12.8 Å². The lowest BCUT2D eigenvalue weighted by Gasteiger charge is -2.39. The SMILES string of the molecule is COCC(=O)N[C@@H]1CN(C(=O)C2CC=CC2)CC[C@@H]1CO. The normalized spacial score (nSPS) is 26.1. The van der Waals surface area contributed by atoms with Crippen molar-refractivity contribution in [2.75, 3.05) is 33.4 Å². The maximum Gasteiger partial charge on any atom is 0.246 e. The molecule has 1 aliphatic carbocycles. The minimum absolute atomic E-state index is 0.00319. The molecule has 0 aromatic heterocycles. The highest BCUT2D eigenvalue weighted by atomic mass is 16.5. The third kappa shape index (κ3) is 4.04. The minimum atomic E-state index is -0.210. The summed E-state index contributed by atoms with van der Waals surface area (Å²) in [5.41, 5.74) is 0. The number of allylic oxidation sites excluding steroid dienone is 2. The molecule has 0 bridgehead atoms. The second-order valence-electron chi connectivity index (χ2n) is 5.76. The van der Waals surface area contributed by atoms with Gasteiger partial charge < -0.3 is 20.1 Å². The highest BCUT2D eigenvalue weighted by Gasteiger charge is 2.34. The van der Waals surface area contributed by atoms with Gasteiger partial charge in [-0.25, -0.2) is 0 Å². The van der Waals surface area contributed by atoms with Gasteiger partial charge >= 0.3 is 0 Å². The highest BCUT2D eigenvalue weighted by Crippen LogP contribution is 2.24. The van der Waals surface area contributed by atoms with Gasteiger partial charge in [0.1, 0.15) is 6.61 Å². The lowest BCUT2D eigenvalue weighted by molar-refractivity contribution is -0.139. The number of carbonyl (C=O) groups is 2. The Kier molecular flexibility index (Phi) is 5.76. The number of hydrogen-bond acceptors (Lipinski definition) is 4. The van der Waals surface area contributed by atoms with Gasteiger partial charge in [0.2, 0.25) is 11.8 Å². The number of nitrogens with zero attached hydrogens (tertiary/aromatic N) is 1. The molecule has 0 aromatic carbocycles. The second kappa shape index (κ2) is 7.56. The van der Waals surface area contributed by atoms with Crippen LogP contribution in [-0.2, 0) is 14.3 Å². The first-order valence-corrected chi connectivity index (χ1v) is 7.48. The van der Waals surface area contributed by atoms with Crippen LogP contribution in [0.5, 0.6) is 0 Å². The van der Waals surface area contributed by atoms with E-state index in [-0.39, 0.29) is 42.9 Å². The molecular weight excluding hydrogens is 272 g/mol. The number of aliphatic hydroxyl groups is 1. The van der Waals surface area contributed by atoms with Crippen LogP contribution in [0.2, 0.25) is 0 Å². The van der Waals surface area contributed by atoms with E-state index in [1.807, 2.05) is 17.1 Å². The second-order valence-corrected chi connectivity index (χ2v) is 5.76. The van der Waals surface area contributed by atoms with Crippen LogP contribution in [-0.4, -0.2) is 61.3 Å². The standard InChI is InChI=1S/C15H24N2O4/c1-21-10-14(19)16-13-8-17(7-6-12(13)9-18)15(20)11-4-2-3-5-11/h2-3,11-13,18H,4-10H2,1H3,(H,16,19)/t12-,13-/m1/s1. The fourth-order valence-corrected chi connectivity index (χ4v) is 3.04. The molecule has 0 radical (unpaired) electrons. The van der Waals surface area contributed by atoms with Gasteiger partial charge in [0.15, 0.2) is 0 Å². The molecule has 1 heterocycles. The number of amides is 2. The van der Waals surface area contributed by atoms with E-state index < -0.39 is 0 Å². The van der Waals surface area contributed by atoms with E-state index in [0.29, 0.717) is 19.5 Å². The van der Waals surface area contributed by atoms with Crippen molar-refractivity contribution in [2.45, 2.75) is 25.3 Å². The molecule has 2 amide bonds. The summed E-state index contributed by atoms with van der Waals surface area (Å²) in [7, 11) is 1.47. The number of rotatable bonds is 5. The van der Waals surface area contributed by atoms with Crippen molar-refractivity contribution in [3.8, 4) is 0 Å². The van der Waals surface area contributed by atoms with Crippen molar-refractivity contribution in [3.05, 3.63) is 12.2 Å². The summed E-state index contributed by atoms with van der Waals surface area (Å²) in [5.74, 6) is -0.0114. The summed E-state index contributed by atoms with van der Waals surface area (Å²) < 4.78 is 4.81. The molecule has 118 valence electrons. The molecule has 1 fully saturated rings. The van der Waals surface area contributed by atoms with Crippen molar-refractivity contribution in [3.63, 3.8) is 0 Å². The number of aliphatic hydroxyl groups excluding tert-OH is 1. The number of methoxy groups -OCH3 is 1. The van der Waals surface area contributed by atoms with Crippen molar-refractivity contribution >= 4 is 11.8 Å².